The minimum absolute atomic E-state index is 0.218. The SMILES string of the molecule is Nc1cc(-c2cc(Br)c3c(c2)OCC2(CC2)CO3)on1. The Labute approximate surface area is 124 Å². The molecule has 0 radical (unpaired) electrons. The number of ether oxygens (including phenoxy) is 2. The number of halogens is 1. The van der Waals surface area contributed by atoms with Crippen LogP contribution in [0.1, 0.15) is 12.8 Å². The third-order valence-electron chi connectivity index (χ3n) is 3.84. The number of nitrogens with two attached hydrogens (primary N) is 1. The molecule has 20 heavy (non-hydrogen) atoms. The molecule has 2 N–H and O–H groups in total. The third kappa shape index (κ3) is 1.95. The maximum Gasteiger partial charge on any atom is 0.175 e. The number of nitrogen functional groups attached to an aromatic ring is 1. The van der Waals surface area contributed by atoms with Gasteiger partial charge in [0.2, 0.25) is 0 Å². The first-order valence-electron chi connectivity index (χ1n) is 6.47. The van der Waals surface area contributed by atoms with Gasteiger partial charge in [-0.3, -0.25) is 0 Å². The minimum Gasteiger partial charge on any atom is -0.489 e. The van der Waals surface area contributed by atoms with E-state index >= 15 is 0 Å². The van der Waals surface area contributed by atoms with Gasteiger partial charge in [-0.05, 0) is 40.9 Å². The Bertz CT molecular complexity index is 679. The molecular weight excluding hydrogens is 324 g/mol. The molecule has 2 aromatic rings. The molecule has 6 heteroatoms. The highest BCUT2D eigenvalue weighted by Crippen LogP contribution is 2.51. The van der Waals surface area contributed by atoms with Crippen molar-refractivity contribution in [1.82, 2.24) is 5.16 Å². The van der Waals surface area contributed by atoms with Gasteiger partial charge in [0.1, 0.15) is 0 Å². The molecule has 1 aromatic carbocycles. The van der Waals surface area contributed by atoms with Gasteiger partial charge < -0.3 is 19.7 Å². The van der Waals surface area contributed by atoms with E-state index in [0.717, 1.165) is 21.5 Å². The number of hydrogen-bond donors (Lipinski definition) is 1. The standard InChI is InChI=1S/C14H13BrN2O3/c15-9-3-8(10-5-12(16)17-20-10)4-11-13(9)19-7-14(1-2-14)6-18-11/h3-5H,1-2,6-7H2,(H2,16,17). The van der Waals surface area contributed by atoms with E-state index in [-0.39, 0.29) is 5.41 Å². The van der Waals surface area contributed by atoms with E-state index < -0.39 is 0 Å². The Kier molecular flexibility index (Phi) is 2.51. The van der Waals surface area contributed by atoms with E-state index in [2.05, 4.69) is 21.1 Å². The second kappa shape index (κ2) is 4.15. The van der Waals surface area contributed by atoms with Crippen LogP contribution in [0.2, 0.25) is 0 Å². The molecule has 2 aliphatic rings. The van der Waals surface area contributed by atoms with Crippen LogP contribution in [0.25, 0.3) is 11.3 Å². The molecule has 5 nitrogen and oxygen atoms in total. The van der Waals surface area contributed by atoms with Crippen molar-refractivity contribution < 1.29 is 14.0 Å². The molecule has 2 heterocycles. The molecule has 0 unspecified atom stereocenters. The van der Waals surface area contributed by atoms with Crippen LogP contribution in [0.3, 0.4) is 0 Å². The largest absolute Gasteiger partial charge is 0.489 e. The van der Waals surface area contributed by atoms with E-state index in [1.54, 1.807) is 6.07 Å². The Morgan fingerprint density at radius 3 is 2.65 bits per heavy atom. The van der Waals surface area contributed by atoms with Gasteiger partial charge in [0.25, 0.3) is 0 Å². The van der Waals surface area contributed by atoms with Crippen molar-refractivity contribution in [2.45, 2.75) is 12.8 Å². The molecule has 1 aliphatic heterocycles. The minimum atomic E-state index is 0.218. The van der Waals surface area contributed by atoms with Crippen LogP contribution in [0.5, 0.6) is 11.5 Å². The van der Waals surface area contributed by atoms with Crippen molar-refractivity contribution in [2.24, 2.45) is 5.41 Å². The average molecular weight is 337 g/mol. The lowest BCUT2D eigenvalue weighted by Crippen LogP contribution is -2.17. The number of anilines is 1. The van der Waals surface area contributed by atoms with Crippen molar-refractivity contribution in [3.63, 3.8) is 0 Å². The molecule has 0 bridgehead atoms. The van der Waals surface area contributed by atoms with Crippen LogP contribution in [0.4, 0.5) is 5.82 Å². The van der Waals surface area contributed by atoms with Crippen LogP contribution in [-0.2, 0) is 0 Å². The van der Waals surface area contributed by atoms with E-state index in [1.165, 1.54) is 12.8 Å². The molecule has 1 aliphatic carbocycles. The lowest BCUT2D eigenvalue weighted by molar-refractivity contribution is 0.196. The second-order valence-electron chi connectivity index (χ2n) is 5.48. The molecule has 0 saturated heterocycles. The highest BCUT2D eigenvalue weighted by molar-refractivity contribution is 9.10. The Morgan fingerprint density at radius 2 is 1.95 bits per heavy atom. The first-order valence-corrected chi connectivity index (χ1v) is 7.26. The summed E-state index contributed by atoms with van der Waals surface area (Å²) < 4.78 is 17.9. The second-order valence-corrected chi connectivity index (χ2v) is 6.33. The molecule has 1 saturated carbocycles. The van der Waals surface area contributed by atoms with Gasteiger partial charge in [-0.2, -0.15) is 0 Å². The number of aromatic nitrogens is 1. The highest BCUT2D eigenvalue weighted by atomic mass is 79.9. The van der Waals surface area contributed by atoms with Crippen LogP contribution in [0.15, 0.2) is 27.2 Å². The molecule has 0 amide bonds. The van der Waals surface area contributed by atoms with E-state index in [4.69, 9.17) is 19.7 Å². The summed E-state index contributed by atoms with van der Waals surface area (Å²) in [4.78, 5) is 0. The summed E-state index contributed by atoms with van der Waals surface area (Å²) >= 11 is 3.53. The molecule has 1 aromatic heterocycles. The van der Waals surface area contributed by atoms with Crippen LogP contribution in [-0.4, -0.2) is 18.4 Å². The van der Waals surface area contributed by atoms with Gasteiger partial charge in [-0.1, -0.05) is 5.16 Å². The predicted octanol–water partition coefficient (Wildman–Crippen LogP) is 3.24. The smallest absolute Gasteiger partial charge is 0.175 e. The van der Waals surface area contributed by atoms with Crippen molar-refractivity contribution in [3.8, 4) is 22.8 Å². The van der Waals surface area contributed by atoms with Gasteiger partial charge in [0.05, 0.1) is 17.7 Å². The number of fused-ring (bicyclic) bond motifs is 1. The number of hydrogen-bond acceptors (Lipinski definition) is 5. The van der Waals surface area contributed by atoms with Crippen molar-refractivity contribution in [1.29, 1.82) is 0 Å². The summed E-state index contributed by atoms with van der Waals surface area (Å²) in [7, 11) is 0. The lowest BCUT2D eigenvalue weighted by Gasteiger charge is -2.10. The summed E-state index contributed by atoms with van der Waals surface area (Å²) in [6, 6.07) is 5.52. The summed E-state index contributed by atoms with van der Waals surface area (Å²) in [5.41, 5.74) is 6.66. The van der Waals surface area contributed by atoms with Gasteiger partial charge in [-0.15, -0.1) is 0 Å². The first kappa shape index (κ1) is 12.1. The van der Waals surface area contributed by atoms with Crippen LogP contribution >= 0.6 is 15.9 Å². The average Bonchev–Trinajstić information content (AvgIpc) is 3.12. The fourth-order valence-corrected chi connectivity index (χ4v) is 2.90. The molecule has 104 valence electrons. The fourth-order valence-electron chi connectivity index (χ4n) is 2.35. The molecule has 1 fully saturated rings. The number of nitrogens with zero attached hydrogens (tertiary/aromatic N) is 1. The predicted molar refractivity (Wildman–Crippen MR) is 76.7 cm³/mol. The summed E-state index contributed by atoms with van der Waals surface area (Å²) in [6.07, 6.45) is 2.34. The summed E-state index contributed by atoms with van der Waals surface area (Å²) in [5.74, 6) is 2.46. The molecule has 0 atom stereocenters. The first-order chi connectivity index (χ1) is 9.65. The Morgan fingerprint density at radius 1 is 1.15 bits per heavy atom. The maximum absolute atomic E-state index is 5.93. The summed E-state index contributed by atoms with van der Waals surface area (Å²) in [5, 5.41) is 3.70. The molecule has 4 rings (SSSR count). The van der Waals surface area contributed by atoms with Gasteiger partial charge >= 0.3 is 0 Å². The van der Waals surface area contributed by atoms with E-state index in [1.807, 2.05) is 12.1 Å². The monoisotopic (exact) mass is 336 g/mol. The Hall–Kier alpha value is -1.69. The lowest BCUT2D eigenvalue weighted by atomic mass is 10.1. The quantitative estimate of drug-likeness (QED) is 0.865. The fraction of sp³-hybridized carbons (Fsp3) is 0.357. The number of rotatable bonds is 1. The molecule has 1 spiro atoms. The van der Waals surface area contributed by atoms with Crippen molar-refractivity contribution in [2.75, 3.05) is 18.9 Å². The zero-order valence-corrected chi connectivity index (χ0v) is 12.3. The van der Waals surface area contributed by atoms with Crippen LogP contribution < -0.4 is 15.2 Å². The zero-order chi connectivity index (χ0) is 13.7. The highest BCUT2D eigenvalue weighted by Gasteiger charge is 2.46. The molecular formula is C14H13BrN2O3. The summed E-state index contributed by atoms with van der Waals surface area (Å²) in [6.45, 7) is 1.42. The number of benzene rings is 1. The zero-order valence-electron chi connectivity index (χ0n) is 10.7. The third-order valence-corrected chi connectivity index (χ3v) is 4.43. The van der Waals surface area contributed by atoms with Crippen molar-refractivity contribution in [3.05, 3.63) is 22.7 Å². The Balaban J connectivity index is 1.75. The van der Waals surface area contributed by atoms with Gasteiger partial charge in [0.15, 0.2) is 23.1 Å². The normalized spacial score (nSPS) is 18.9. The van der Waals surface area contributed by atoms with Gasteiger partial charge in [-0.25, -0.2) is 0 Å². The van der Waals surface area contributed by atoms with E-state index in [9.17, 15) is 0 Å². The van der Waals surface area contributed by atoms with Crippen molar-refractivity contribution >= 4 is 21.7 Å². The maximum atomic E-state index is 5.93. The van der Waals surface area contributed by atoms with Gasteiger partial charge in [0, 0.05) is 17.0 Å². The van der Waals surface area contributed by atoms with E-state index in [0.29, 0.717) is 24.8 Å². The van der Waals surface area contributed by atoms with Crippen LogP contribution in [0, 0.1) is 5.41 Å². The topological polar surface area (TPSA) is 70.5 Å².